The molecule has 4 amide bonds. The second-order valence-corrected chi connectivity index (χ2v) is 5.83. The van der Waals surface area contributed by atoms with Crippen molar-refractivity contribution in [3.63, 3.8) is 0 Å². The van der Waals surface area contributed by atoms with Gasteiger partial charge >= 0.3 is 0 Å². The van der Waals surface area contributed by atoms with Gasteiger partial charge in [-0.3, -0.25) is 19.2 Å². The number of hydrogen-bond acceptors (Lipinski definition) is 4. The highest BCUT2D eigenvalue weighted by atomic mass is 16.2. The van der Waals surface area contributed by atoms with E-state index in [1.807, 2.05) is 13.8 Å². The Morgan fingerprint density at radius 2 is 1.35 bits per heavy atom. The molecule has 8 heteroatoms. The van der Waals surface area contributed by atoms with Crippen molar-refractivity contribution in [2.75, 3.05) is 13.3 Å². The standard InChI is InChI=1S/C15H28N4O4/c1-10(2)7-13(15(23)19-9-17-12(4)21)5-6-14(22)18-8-16-11(3)20/h10,13H,5-9H2,1-4H3,(H,16,20)(H,17,21)(H,18,22)(H,19,23). The number of nitrogens with one attached hydrogen (secondary N) is 4. The van der Waals surface area contributed by atoms with E-state index in [9.17, 15) is 19.2 Å². The van der Waals surface area contributed by atoms with Crippen LogP contribution in [0.3, 0.4) is 0 Å². The summed E-state index contributed by atoms with van der Waals surface area (Å²) in [6, 6.07) is 0. The van der Waals surface area contributed by atoms with E-state index in [0.717, 1.165) is 0 Å². The molecule has 0 saturated carbocycles. The summed E-state index contributed by atoms with van der Waals surface area (Å²) in [5.41, 5.74) is 0. The molecule has 0 heterocycles. The van der Waals surface area contributed by atoms with Crippen LogP contribution in [-0.2, 0) is 19.2 Å². The molecule has 1 atom stereocenters. The zero-order chi connectivity index (χ0) is 17.8. The first-order chi connectivity index (χ1) is 10.7. The number of rotatable bonds is 10. The normalized spacial score (nSPS) is 11.5. The fraction of sp³-hybridized carbons (Fsp3) is 0.733. The van der Waals surface area contributed by atoms with Gasteiger partial charge in [-0.2, -0.15) is 0 Å². The maximum atomic E-state index is 12.1. The molecule has 0 saturated heterocycles. The Labute approximate surface area is 137 Å². The third kappa shape index (κ3) is 12.1. The summed E-state index contributed by atoms with van der Waals surface area (Å²) >= 11 is 0. The van der Waals surface area contributed by atoms with Gasteiger partial charge in [0.2, 0.25) is 23.6 Å². The molecule has 0 aromatic rings. The summed E-state index contributed by atoms with van der Waals surface area (Å²) < 4.78 is 0. The van der Waals surface area contributed by atoms with E-state index in [0.29, 0.717) is 18.8 Å². The quantitative estimate of drug-likeness (QED) is 0.417. The predicted molar refractivity (Wildman–Crippen MR) is 85.8 cm³/mol. The predicted octanol–water partition coefficient (Wildman–Crippen LogP) is -0.151. The minimum absolute atomic E-state index is 0.0808. The molecule has 8 nitrogen and oxygen atoms in total. The molecule has 4 N–H and O–H groups in total. The van der Waals surface area contributed by atoms with Crippen LogP contribution in [-0.4, -0.2) is 37.0 Å². The number of hydrogen-bond donors (Lipinski definition) is 4. The highest BCUT2D eigenvalue weighted by molar-refractivity contribution is 5.81. The van der Waals surface area contributed by atoms with E-state index in [4.69, 9.17) is 0 Å². The molecular formula is C15H28N4O4. The highest BCUT2D eigenvalue weighted by Gasteiger charge is 2.20. The lowest BCUT2D eigenvalue weighted by Crippen LogP contribution is -2.40. The van der Waals surface area contributed by atoms with Crippen molar-refractivity contribution < 1.29 is 19.2 Å². The van der Waals surface area contributed by atoms with Gasteiger partial charge in [0.1, 0.15) is 0 Å². The van der Waals surface area contributed by atoms with Crippen LogP contribution < -0.4 is 21.3 Å². The van der Waals surface area contributed by atoms with Gasteiger partial charge in [0.05, 0.1) is 13.3 Å². The van der Waals surface area contributed by atoms with Crippen LogP contribution in [0.25, 0.3) is 0 Å². The molecule has 0 aromatic carbocycles. The molecular weight excluding hydrogens is 300 g/mol. The zero-order valence-corrected chi connectivity index (χ0v) is 14.3. The zero-order valence-electron chi connectivity index (χ0n) is 14.3. The second-order valence-electron chi connectivity index (χ2n) is 5.83. The summed E-state index contributed by atoms with van der Waals surface area (Å²) in [5, 5.41) is 10.2. The van der Waals surface area contributed by atoms with E-state index >= 15 is 0 Å². The first-order valence-corrected chi connectivity index (χ1v) is 7.75. The van der Waals surface area contributed by atoms with Crippen molar-refractivity contribution in [2.45, 2.75) is 47.0 Å². The van der Waals surface area contributed by atoms with Crippen molar-refractivity contribution >= 4 is 23.6 Å². The van der Waals surface area contributed by atoms with Crippen LogP contribution in [0.1, 0.15) is 47.0 Å². The van der Waals surface area contributed by atoms with Crippen molar-refractivity contribution in [3.05, 3.63) is 0 Å². The van der Waals surface area contributed by atoms with Gasteiger partial charge in [0.25, 0.3) is 0 Å². The number of carbonyl (C=O) groups excluding carboxylic acids is 4. The third-order valence-corrected chi connectivity index (χ3v) is 3.07. The summed E-state index contributed by atoms with van der Waals surface area (Å²) in [5.74, 6) is -0.822. The lowest BCUT2D eigenvalue weighted by atomic mass is 9.92. The Hall–Kier alpha value is -2.12. The number of amides is 4. The van der Waals surface area contributed by atoms with Gasteiger partial charge in [-0.05, 0) is 18.8 Å². The van der Waals surface area contributed by atoms with E-state index < -0.39 is 0 Å². The van der Waals surface area contributed by atoms with E-state index in [-0.39, 0.29) is 49.3 Å². The lowest BCUT2D eigenvalue weighted by Gasteiger charge is -2.18. The molecule has 0 radical (unpaired) electrons. The van der Waals surface area contributed by atoms with Crippen LogP contribution in [0.4, 0.5) is 0 Å². The van der Waals surface area contributed by atoms with Gasteiger partial charge in [0.15, 0.2) is 0 Å². The Kier molecular flexibility index (Phi) is 10.4. The largest absolute Gasteiger partial charge is 0.339 e. The molecule has 1 unspecified atom stereocenters. The molecule has 0 spiro atoms. The number of carbonyl (C=O) groups is 4. The molecule has 132 valence electrons. The van der Waals surface area contributed by atoms with Crippen molar-refractivity contribution in [1.82, 2.24) is 21.3 Å². The van der Waals surface area contributed by atoms with Crippen LogP contribution in [0.2, 0.25) is 0 Å². The first kappa shape index (κ1) is 20.9. The molecule has 0 rings (SSSR count). The molecule has 0 fully saturated rings. The first-order valence-electron chi connectivity index (χ1n) is 7.75. The van der Waals surface area contributed by atoms with Crippen LogP contribution in [0.15, 0.2) is 0 Å². The molecule has 23 heavy (non-hydrogen) atoms. The highest BCUT2D eigenvalue weighted by Crippen LogP contribution is 2.17. The Morgan fingerprint density at radius 3 is 1.83 bits per heavy atom. The second kappa shape index (κ2) is 11.4. The minimum atomic E-state index is -0.296. The summed E-state index contributed by atoms with van der Waals surface area (Å²) in [4.78, 5) is 45.3. The van der Waals surface area contributed by atoms with Crippen LogP contribution >= 0.6 is 0 Å². The monoisotopic (exact) mass is 328 g/mol. The fourth-order valence-corrected chi connectivity index (χ4v) is 1.99. The fourth-order valence-electron chi connectivity index (χ4n) is 1.99. The van der Waals surface area contributed by atoms with Crippen LogP contribution in [0.5, 0.6) is 0 Å². The van der Waals surface area contributed by atoms with Gasteiger partial charge in [-0.1, -0.05) is 13.8 Å². The van der Waals surface area contributed by atoms with Gasteiger partial charge in [-0.25, -0.2) is 0 Å². The van der Waals surface area contributed by atoms with Crippen molar-refractivity contribution in [3.8, 4) is 0 Å². The van der Waals surface area contributed by atoms with Crippen molar-refractivity contribution in [1.29, 1.82) is 0 Å². The molecule has 0 bridgehead atoms. The molecule has 0 aliphatic carbocycles. The van der Waals surface area contributed by atoms with Gasteiger partial charge in [0, 0.05) is 26.2 Å². The van der Waals surface area contributed by atoms with E-state index in [1.165, 1.54) is 13.8 Å². The van der Waals surface area contributed by atoms with Crippen LogP contribution in [0, 0.1) is 11.8 Å². The molecule has 0 aliphatic rings. The topological polar surface area (TPSA) is 116 Å². The summed E-state index contributed by atoms with van der Waals surface area (Å²) in [6.07, 6.45) is 1.27. The lowest BCUT2D eigenvalue weighted by molar-refractivity contribution is -0.126. The average Bonchev–Trinajstić information content (AvgIpc) is 2.42. The third-order valence-electron chi connectivity index (χ3n) is 3.07. The SMILES string of the molecule is CC(=O)NCNC(=O)CCC(CC(C)C)C(=O)NCNC(C)=O. The Balaban J connectivity index is 4.27. The Bertz CT molecular complexity index is 424. The van der Waals surface area contributed by atoms with Gasteiger partial charge < -0.3 is 21.3 Å². The van der Waals surface area contributed by atoms with E-state index in [2.05, 4.69) is 21.3 Å². The minimum Gasteiger partial charge on any atom is -0.339 e. The molecule has 0 aliphatic heterocycles. The Morgan fingerprint density at radius 1 is 0.826 bits per heavy atom. The van der Waals surface area contributed by atoms with Crippen molar-refractivity contribution in [2.24, 2.45) is 11.8 Å². The smallest absolute Gasteiger partial charge is 0.224 e. The van der Waals surface area contributed by atoms with Gasteiger partial charge in [-0.15, -0.1) is 0 Å². The maximum absolute atomic E-state index is 12.1. The van der Waals surface area contributed by atoms with E-state index in [1.54, 1.807) is 0 Å². The molecule has 0 aromatic heterocycles. The maximum Gasteiger partial charge on any atom is 0.224 e. The average molecular weight is 328 g/mol. The summed E-state index contributed by atoms with van der Waals surface area (Å²) in [6.45, 7) is 6.91. The summed E-state index contributed by atoms with van der Waals surface area (Å²) in [7, 11) is 0.